The quantitative estimate of drug-likeness (QED) is 0.516. The standard InChI is InChI=1S/C17H11ClN2O4P2S/c18-11-7-5-10(6-8-11)15(17(25(21)22)26(23)24)12(9-19)16-20-13-3-1-2-4-14(13)27-16/h1-8,12,15,17H/p+2. The molecule has 0 saturated carbocycles. The summed E-state index contributed by atoms with van der Waals surface area (Å²) in [6, 6.07) is 15.8. The molecule has 10 heteroatoms. The largest absolute Gasteiger partial charge is 0.565 e. The fourth-order valence-electron chi connectivity index (χ4n) is 2.89. The molecule has 3 aromatic rings. The van der Waals surface area contributed by atoms with E-state index < -0.39 is 33.3 Å². The highest BCUT2D eigenvalue weighted by atomic mass is 35.5. The van der Waals surface area contributed by atoms with Gasteiger partial charge < -0.3 is 0 Å². The number of halogens is 1. The van der Waals surface area contributed by atoms with E-state index in [9.17, 15) is 24.2 Å². The minimum absolute atomic E-state index is 0.428. The number of hydrogen-bond acceptors (Lipinski definition) is 5. The van der Waals surface area contributed by atoms with E-state index >= 15 is 0 Å². The summed E-state index contributed by atoms with van der Waals surface area (Å²) in [4.78, 5) is 23.9. The maximum atomic E-state index is 11.9. The third-order valence-corrected chi connectivity index (χ3v) is 8.21. The summed E-state index contributed by atoms with van der Waals surface area (Å²) in [5, 5.41) is 9.21. The van der Waals surface area contributed by atoms with Crippen LogP contribution < -0.4 is 0 Å². The zero-order valence-electron chi connectivity index (χ0n) is 13.6. The van der Waals surface area contributed by atoms with Crippen molar-refractivity contribution in [3.8, 4) is 6.07 Å². The maximum absolute atomic E-state index is 11.9. The van der Waals surface area contributed by atoms with Crippen LogP contribution in [0.3, 0.4) is 0 Å². The fourth-order valence-corrected chi connectivity index (χ4v) is 5.99. The number of hydrogen-bond donors (Lipinski definition) is 2. The van der Waals surface area contributed by atoms with Crippen molar-refractivity contribution in [3.63, 3.8) is 0 Å². The first-order valence-corrected chi connectivity index (χ1v) is 11.5. The lowest BCUT2D eigenvalue weighted by molar-refractivity contribution is 0.460. The molecular weight excluding hydrogens is 426 g/mol. The van der Waals surface area contributed by atoms with E-state index in [4.69, 9.17) is 11.6 Å². The molecule has 0 radical (unpaired) electrons. The molecule has 0 bridgehead atoms. The van der Waals surface area contributed by atoms with E-state index in [1.54, 1.807) is 30.3 Å². The summed E-state index contributed by atoms with van der Waals surface area (Å²) in [7, 11) is -6.03. The van der Waals surface area contributed by atoms with E-state index in [1.807, 2.05) is 18.2 Å². The molecule has 27 heavy (non-hydrogen) atoms. The molecule has 0 saturated heterocycles. The molecule has 0 amide bonds. The smallest absolute Gasteiger partial charge is 0.240 e. The Bertz CT molecular complexity index is 1000. The van der Waals surface area contributed by atoms with Crippen LogP contribution in [0.15, 0.2) is 48.5 Å². The normalized spacial score (nSPS) is 15.6. The number of aromatic nitrogens is 1. The molecule has 0 aliphatic heterocycles. The van der Waals surface area contributed by atoms with Gasteiger partial charge >= 0.3 is 21.5 Å². The van der Waals surface area contributed by atoms with Crippen LogP contribution in [-0.2, 0) is 9.13 Å². The van der Waals surface area contributed by atoms with Crippen molar-refractivity contribution >= 4 is 49.2 Å². The number of para-hydroxylation sites is 1. The molecule has 136 valence electrons. The van der Waals surface area contributed by atoms with Gasteiger partial charge in [0.05, 0.1) is 16.3 Å². The zero-order chi connectivity index (χ0) is 19.6. The van der Waals surface area contributed by atoms with Crippen LogP contribution in [0.5, 0.6) is 0 Å². The topological polar surface area (TPSA) is 111 Å². The van der Waals surface area contributed by atoms with Crippen molar-refractivity contribution in [2.75, 3.05) is 0 Å². The molecule has 2 aromatic carbocycles. The van der Waals surface area contributed by atoms with E-state index in [2.05, 4.69) is 11.1 Å². The first kappa shape index (κ1) is 20.0. The van der Waals surface area contributed by atoms with E-state index in [0.717, 1.165) is 4.70 Å². The molecule has 1 aromatic heterocycles. The predicted molar refractivity (Wildman–Crippen MR) is 106 cm³/mol. The summed E-state index contributed by atoms with van der Waals surface area (Å²) < 4.78 is 24.7. The average molecular weight is 439 g/mol. The Morgan fingerprint density at radius 1 is 1.07 bits per heavy atom. The van der Waals surface area contributed by atoms with Gasteiger partial charge in [-0.25, -0.2) is 4.98 Å². The Balaban J connectivity index is 2.17. The number of benzene rings is 2. The molecule has 3 rings (SSSR count). The molecule has 2 N–H and O–H groups in total. The van der Waals surface area contributed by atoms with Crippen LogP contribution in [0.1, 0.15) is 22.4 Å². The molecular formula is C17H13ClN2O4P2S+2. The van der Waals surface area contributed by atoms with Crippen molar-refractivity contribution in [2.24, 2.45) is 0 Å². The molecule has 0 aliphatic rings. The van der Waals surface area contributed by atoms with E-state index in [-0.39, 0.29) is 0 Å². The lowest BCUT2D eigenvalue weighted by atomic mass is 9.88. The van der Waals surface area contributed by atoms with Crippen LogP contribution >= 0.6 is 39.0 Å². The minimum atomic E-state index is -3.02. The number of rotatable bonds is 6. The summed E-state index contributed by atoms with van der Waals surface area (Å²) in [5.74, 6) is -1.96. The van der Waals surface area contributed by atoms with Crippen molar-refractivity contribution in [2.45, 2.75) is 17.2 Å². The monoisotopic (exact) mass is 438 g/mol. The van der Waals surface area contributed by atoms with Gasteiger partial charge in [-0.3, -0.25) is 0 Å². The number of nitriles is 1. The lowest BCUT2D eigenvalue weighted by Gasteiger charge is -2.17. The summed E-state index contributed by atoms with van der Waals surface area (Å²) in [6.45, 7) is 0. The average Bonchev–Trinajstić information content (AvgIpc) is 3.05. The highest BCUT2D eigenvalue weighted by Gasteiger charge is 2.58. The van der Waals surface area contributed by atoms with Gasteiger partial charge in [-0.1, -0.05) is 35.9 Å². The number of fused-ring (bicyclic) bond motifs is 1. The van der Waals surface area contributed by atoms with Gasteiger partial charge in [0.1, 0.15) is 16.8 Å². The maximum Gasteiger partial charge on any atom is 0.565 e. The zero-order valence-corrected chi connectivity index (χ0v) is 17.0. The van der Waals surface area contributed by atoms with Crippen molar-refractivity contribution in [3.05, 3.63) is 64.1 Å². The van der Waals surface area contributed by atoms with Crippen molar-refractivity contribution in [1.82, 2.24) is 4.98 Å². The van der Waals surface area contributed by atoms with Gasteiger partial charge in [0.25, 0.3) is 0 Å². The van der Waals surface area contributed by atoms with Gasteiger partial charge in [-0.15, -0.1) is 11.3 Å². The Labute approximate surface area is 165 Å². The highest BCUT2D eigenvalue weighted by Crippen LogP contribution is 2.53. The number of thiazole rings is 1. The predicted octanol–water partition coefficient (Wildman–Crippen LogP) is 5.14. The second-order valence-corrected chi connectivity index (χ2v) is 9.95. The van der Waals surface area contributed by atoms with Crippen LogP contribution in [0.4, 0.5) is 0 Å². The molecule has 4 unspecified atom stereocenters. The molecule has 0 aliphatic carbocycles. The van der Waals surface area contributed by atoms with Crippen LogP contribution in [-0.4, -0.2) is 20.2 Å². The van der Waals surface area contributed by atoms with Crippen molar-refractivity contribution in [1.29, 1.82) is 5.26 Å². The van der Waals surface area contributed by atoms with Crippen LogP contribution in [0.25, 0.3) is 10.2 Å². The molecule has 6 nitrogen and oxygen atoms in total. The third kappa shape index (κ3) is 4.23. The summed E-state index contributed by atoms with van der Waals surface area (Å²) in [5.41, 5.74) is 1.18. The molecule has 0 fully saturated rings. The molecule has 4 atom stereocenters. The first-order chi connectivity index (χ1) is 12.9. The number of nitrogens with zero attached hydrogens (tertiary/aromatic N) is 2. The van der Waals surface area contributed by atoms with Gasteiger partial charge in [-0.05, 0) is 39.0 Å². The third-order valence-electron chi connectivity index (χ3n) is 4.10. The van der Waals surface area contributed by atoms with Crippen molar-refractivity contribution < 1.29 is 18.9 Å². The lowest BCUT2D eigenvalue weighted by Crippen LogP contribution is -2.19. The highest BCUT2D eigenvalue weighted by molar-refractivity contribution is 7.58. The second-order valence-electron chi connectivity index (χ2n) is 5.72. The fraction of sp³-hybridized carbons (Fsp3) is 0.176. The van der Waals surface area contributed by atoms with E-state index in [0.29, 0.717) is 21.1 Å². The summed E-state index contributed by atoms with van der Waals surface area (Å²) in [6.07, 6.45) is 0. The Kier molecular flexibility index (Phi) is 6.29. The van der Waals surface area contributed by atoms with Crippen LogP contribution in [0, 0.1) is 11.3 Å². The first-order valence-electron chi connectivity index (χ1n) is 7.73. The minimum Gasteiger partial charge on any atom is -0.240 e. The molecule has 1 heterocycles. The van der Waals surface area contributed by atoms with Crippen LogP contribution in [0.2, 0.25) is 5.02 Å². The Morgan fingerprint density at radius 2 is 1.70 bits per heavy atom. The summed E-state index contributed by atoms with van der Waals surface area (Å²) >= 11 is 7.20. The second kappa shape index (κ2) is 8.50. The van der Waals surface area contributed by atoms with Gasteiger partial charge in [0, 0.05) is 5.02 Å². The Hall–Kier alpha value is -1.77. The van der Waals surface area contributed by atoms with Gasteiger partial charge in [-0.2, -0.15) is 15.0 Å². The van der Waals surface area contributed by atoms with Gasteiger partial charge in [0.2, 0.25) is 0 Å². The molecule has 0 spiro atoms. The van der Waals surface area contributed by atoms with E-state index in [1.165, 1.54) is 11.3 Å². The SMILES string of the molecule is N#CC(c1nc2ccccc2s1)C(c1ccc(Cl)cc1)C([P+](=O)O)[P+](=O)O. The Morgan fingerprint density at radius 3 is 2.26 bits per heavy atom. The van der Waals surface area contributed by atoms with Gasteiger partial charge in [0.15, 0.2) is 0 Å².